The van der Waals surface area contributed by atoms with Crippen LogP contribution in [0.3, 0.4) is 0 Å². The number of aldehydes is 1. The normalized spacial score (nSPS) is 14.5. The maximum Gasteiger partial charge on any atom is 0.156 e. The number of carbonyl (C=O) groups excluding carboxylic acids is 1. The molecule has 1 aromatic rings. The first-order valence-electron chi connectivity index (χ1n) is 4.32. The molecule has 0 radical (unpaired) electrons. The second kappa shape index (κ2) is 4.24. The average Bonchev–Trinajstić information content (AvgIpc) is 2.28. The van der Waals surface area contributed by atoms with E-state index >= 15 is 0 Å². The molecule has 1 unspecified atom stereocenters. The van der Waals surface area contributed by atoms with Gasteiger partial charge in [-0.25, -0.2) is 0 Å². The fourth-order valence-electron chi connectivity index (χ4n) is 1.16. The van der Waals surface area contributed by atoms with Crippen molar-refractivity contribution in [2.24, 2.45) is 0 Å². The smallest absolute Gasteiger partial charge is 0.156 e. The van der Waals surface area contributed by atoms with Crippen LogP contribution in [-0.2, 0) is 15.1 Å². The molecule has 1 aromatic carbocycles. The summed E-state index contributed by atoms with van der Waals surface area (Å²) < 4.78 is 10.2. The fraction of sp³-hybridized carbons (Fsp3) is 0.364. The lowest BCUT2D eigenvalue weighted by atomic mass is 9.97. The van der Waals surface area contributed by atoms with E-state index in [9.17, 15) is 4.79 Å². The van der Waals surface area contributed by atoms with E-state index in [2.05, 4.69) is 0 Å². The number of benzene rings is 1. The van der Waals surface area contributed by atoms with Crippen molar-refractivity contribution < 1.29 is 14.3 Å². The number of hydrogen-bond acceptors (Lipinski definition) is 3. The first kappa shape index (κ1) is 10.7. The van der Waals surface area contributed by atoms with Crippen LogP contribution in [0, 0.1) is 0 Å². The third-order valence-electron chi connectivity index (χ3n) is 2.31. The number of carbonyl (C=O) groups is 1. The van der Waals surface area contributed by atoms with Gasteiger partial charge in [0.15, 0.2) is 6.29 Å². The van der Waals surface area contributed by atoms with Gasteiger partial charge in [-0.05, 0) is 24.6 Å². The average molecular weight is 194 g/mol. The number of methoxy groups -OCH3 is 2. The molecular formula is C11H14O3. The monoisotopic (exact) mass is 194 g/mol. The van der Waals surface area contributed by atoms with Crippen LogP contribution in [0.5, 0.6) is 5.75 Å². The third-order valence-corrected chi connectivity index (χ3v) is 2.31. The van der Waals surface area contributed by atoms with Crippen LogP contribution in [0.4, 0.5) is 0 Å². The van der Waals surface area contributed by atoms with Gasteiger partial charge in [-0.2, -0.15) is 0 Å². The van der Waals surface area contributed by atoms with Crippen molar-refractivity contribution in [2.75, 3.05) is 14.2 Å². The highest BCUT2D eigenvalue weighted by Gasteiger charge is 2.24. The zero-order valence-electron chi connectivity index (χ0n) is 8.61. The van der Waals surface area contributed by atoms with Crippen molar-refractivity contribution in [3.63, 3.8) is 0 Å². The second-order valence-electron chi connectivity index (χ2n) is 3.16. The minimum Gasteiger partial charge on any atom is -0.497 e. The van der Waals surface area contributed by atoms with Crippen molar-refractivity contribution in [1.29, 1.82) is 0 Å². The summed E-state index contributed by atoms with van der Waals surface area (Å²) >= 11 is 0. The predicted molar refractivity (Wildman–Crippen MR) is 53.4 cm³/mol. The van der Waals surface area contributed by atoms with Gasteiger partial charge in [-0.3, -0.25) is 4.79 Å². The van der Waals surface area contributed by atoms with Crippen LogP contribution in [0.1, 0.15) is 12.5 Å². The predicted octanol–water partition coefficient (Wildman–Crippen LogP) is 1.76. The van der Waals surface area contributed by atoms with Crippen molar-refractivity contribution in [3.05, 3.63) is 29.8 Å². The molecule has 0 aliphatic heterocycles. The second-order valence-corrected chi connectivity index (χ2v) is 3.16. The standard InChI is InChI=1S/C11H14O3/c1-11(8-12,14-3)9-4-6-10(13-2)7-5-9/h4-8H,1-3H3. The van der Waals surface area contributed by atoms with Crippen LogP contribution in [0.2, 0.25) is 0 Å². The first-order valence-corrected chi connectivity index (χ1v) is 4.32. The molecule has 0 spiro atoms. The van der Waals surface area contributed by atoms with Crippen molar-refractivity contribution in [2.45, 2.75) is 12.5 Å². The van der Waals surface area contributed by atoms with Crippen molar-refractivity contribution >= 4 is 6.29 Å². The third kappa shape index (κ3) is 1.93. The molecule has 0 saturated carbocycles. The quantitative estimate of drug-likeness (QED) is 0.685. The van der Waals surface area contributed by atoms with E-state index < -0.39 is 5.60 Å². The van der Waals surface area contributed by atoms with Gasteiger partial charge >= 0.3 is 0 Å². The Morgan fingerprint density at radius 1 is 1.21 bits per heavy atom. The molecule has 0 aliphatic carbocycles. The largest absolute Gasteiger partial charge is 0.497 e. The molecule has 3 heteroatoms. The van der Waals surface area contributed by atoms with Crippen LogP contribution >= 0.6 is 0 Å². The van der Waals surface area contributed by atoms with Gasteiger partial charge in [0.05, 0.1) is 7.11 Å². The molecule has 0 aliphatic rings. The van der Waals surface area contributed by atoms with Crippen LogP contribution in [0.15, 0.2) is 24.3 Å². The molecule has 0 amide bonds. The van der Waals surface area contributed by atoms with Gasteiger partial charge in [0.2, 0.25) is 0 Å². The molecule has 0 bridgehead atoms. The van der Waals surface area contributed by atoms with E-state index in [1.807, 2.05) is 12.1 Å². The molecular weight excluding hydrogens is 180 g/mol. The van der Waals surface area contributed by atoms with Gasteiger partial charge in [0.1, 0.15) is 11.4 Å². The Kier molecular flexibility index (Phi) is 3.25. The van der Waals surface area contributed by atoms with Gasteiger partial charge in [-0.1, -0.05) is 12.1 Å². The van der Waals surface area contributed by atoms with Crippen LogP contribution in [-0.4, -0.2) is 20.5 Å². The van der Waals surface area contributed by atoms with Crippen molar-refractivity contribution in [1.82, 2.24) is 0 Å². The van der Waals surface area contributed by atoms with Gasteiger partial charge in [-0.15, -0.1) is 0 Å². The lowest BCUT2D eigenvalue weighted by Crippen LogP contribution is -2.25. The van der Waals surface area contributed by atoms with E-state index in [1.54, 1.807) is 26.2 Å². The van der Waals surface area contributed by atoms with Gasteiger partial charge in [0, 0.05) is 7.11 Å². The van der Waals surface area contributed by atoms with Crippen molar-refractivity contribution in [3.8, 4) is 5.75 Å². The van der Waals surface area contributed by atoms with E-state index in [0.29, 0.717) is 0 Å². The zero-order valence-corrected chi connectivity index (χ0v) is 8.61. The maximum atomic E-state index is 10.9. The van der Waals surface area contributed by atoms with Crippen LogP contribution in [0.25, 0.3) is 0 Å². The molecule has 76 valence electrons. The summed E-state index contributed by atoms with van der Waals surface area (Å²) in [6.07, 6.45) is 0.787. The first-order chi connectivity index (χ1) is 6.66. The minimum absolute atomic E-state index is 0.762. The molecule has 3 nitrogen and oxygen atoms in total. The minimum atomic E-state index is -0.869. The van der Waals surface area contributed by atoms with E-state index in [1.165, 1.54) is 7.11 Å². The highest BCUT2D eigenvalue weighted by molar-refractivity contribution is 5.65. The molecule has 0 fully saturated rings. The molecule has 0 aromatic heterocycles. The Morgan fingerprint density at radius 3 is 2.14 bits per heavy atom. The van der Waals surface area contributed by atoms with Gasteiger partial charge in [0.25, 0.3) is 0 Å². The SMILES string of the molecule is COc1ccc(C(C)(C=O)OC)cc1. The summed E-state index contributed by atoms with van der Waals surface area (Å²) in [6.45, 7) is 1.72. The molecule has 0 N–H and O–H groups in total. The van der Waals surface area contributed by atoms with Gasteiger partial charge < -0.3 is 9.47 Å². The number of rotatable bonds is 4. The van der Waals surface area contributed by atoms with E-state index in [-0.39, 0.29) is 0 Å². The Morgan fingerprint density at radius 2 is 1.79 bits per heavy atom. The highest BCUT2D eigenvalue weighted by atomic mass is 16.5. The number of hydrogen-bond donors (Lipinski definition) is 0. The summed E-state index contributed by atoms with van der Waals surface area (Å²) in [5, 5.41) is 0. The highest BCUT2D eigenvalue weighted by Crippen LogP contribution is 2.24. The molecule has 14 heavy (non-hydrogen) atoms. The summed E-state index contributed by atoms with van der Waals surface area (Å²) in [7, 11) is 3.11. The van der Waals surface area contributed by atoms with E-state index in [0.717, 1.165) is 17.6 Å². The summed E-state index contributed by atoms with van der Waals surface area (Å²) in [5.41, 5.74) is -0.0532. The molecule has 0 heterocycles. The fourth-order valence-corrected chi connectivity index (χ4v) is 1.16. The number of ether oxygens (including phenoxy) is 2. The summed E-state index contributed by atoms with van der Waals surface area (Å²) in [6, 6.07) is 7.24. The topological polar surface area (TPSA) is 35.5 Å². The molecule has 1 atom stereocenters. The maximum absolute atomic E-state index is 10.9. The molecule has 0 saturated heterocycles. The molecule has 1 rings (SSSR count). The lowest BCUT2D eigenvalue weighted by Gasteiger charge is -2.21. The Labute approximate surface area is 83.6 Å². The lowest BCUT2D eigenvalue weighted by molar-refractivity contribution is -0.126. The zero-order chi connectivity index (χ0) is 10.6. The Balaban J connectivity index is 3.01. The van der Waals surface area contributed by atoms with E-state index in [4.69, 9.17) is 9.47 Å². The van der Waals surface area contributed by atoms with Crippen LogP contribution < -0.4 is 4.74 Å². The Hall–Kier alpha value is -1.35. The summed E-state index contributed by atoms with van der Waals surface area (Å²) in [5.74, 6) is 0.762. The summed E-state index contributed by atoms with van der Waals surface area (Å²) in [4.78, 5) is 10.9. The Bertz CT molecular complexity index is 305.